The van der Waals surface area contributed by atoms with Gasteiger partial charge in [-0.2, -0.15) is 0 Å². The summed E-state index contributed by atoms with van der Waals surface area (Å²) in [4.78, 5) is 4.96. The lowest BCUT2D eigenvalue weighted by Gasteiger charge is -2.40. The first-order valence-electron chi connectivity index (χ1n) is 9.49. The highest BCUT2D eigenvalue weighted by Gasteiger charge is 2.41. The van der Waals surface area contributed by atoms with Crippen molar-refractivity contribution in [2.75, 3.05) is 53.0 Å². The minimum absolute atomic E-state index is 0.134. The number of methoxy groups -OCH3 is 1. The summed E-state index contributed by atoms with van der Waals surface area (Å²) in [7, 11) is 1.63. The molecular weight excluding hydrogens is 319 g/mol. The second-order valence-electron chi connectivity index (χ2n) is 7.49. The van der Waals surface area contributed by atoms with Crippen LogP contribution in [0.4, 0.5) is 4.39 Å². The minimum atomic E-state index is -0.134. The molecule has 0 aliphatic carbocycles. The Labute approximate surface area is 150 Å². The maximum atomic E-state index is 14.2. The van der Waals surface area contributed by atoms with Gasteiger partial charge < -0.3 is 14.4 Å². The van der Waals surface area contributed by atoms with Gasteiger partial charge in [-0.25, -0.2) is 4.39 Å². The van der Waals surface area contributed by atoms with E-state index in [4.69, 9.17) is 9.47 Å². The normalized spacial score (nSPS) is 24.9. The number of likely N-dealkylation sites (tertiary alicyclic amines) is 2. The Morgan fingerprint density at radius 1 is 1.16 bits per heavy atom. The first kappa shape index (κ1) is 18.6. The van der Waals surface area contributed by atoms with Gasteiger partial charge in [-0.15, -0.1) is 0 Å². The van der Waals surface area contributed by atoms with Crippen LogP contribution in [0.5, 0.6) is 5.75 Å². The molecule has 0 bridgehead atoms. The molecule has 3 rings (SSSR count). The zero-order chi connectivity index (χ0) is 17.7. The van der Waals surface area contributed by atoms with Gasteiger partial charge in [-0.05, 0) is 62.9 Å². The monoisotopic (exact) mass is 350 g/mol. The molecule has 1 spiro atoms. The highest BCUT2D eigenvalue weighted by molar-refractivity contribution is 5.29. The quantitative estimate of drug-likeness (QED) is 0.705. The molecule has 1 aromatic rings. The zero-order valence-corrected chi connectivity index (χ0v) is 15.6. The standard InChI is InChI=1S/C20H31FN2O2/c1-3-25-12-11-22-10-8-20(15-22)7-4-9-23(16-20)14-17-13-18(24-2)5-6-19(17)21/h5-6,13H,3-4,7-12,14-16H2,1-2H3/t20-/m0/s1. The molecule has 140 valence electrons. The van der Waals surface area contributed by atoms with Gasteiger partial charge in [-0.3, -0.25) is 4.90 Å². The topological polar surface area (TPSA) is 24.9 Å². The lowest BCUT2D eigenvalue weighted by molar-refractivity contribution is 0.0776. The lowest BCUT2D eigenvalue weighted by atomic mass is 9.79. The van der Waals surface area contributed by atoms with Crippen LogP contribution in [0.3, 0.4) is 0 Å². The van der Waals surface area contributed by atoms with Crippen LogP contribution in [-0.4, -0.2) is 62.8 Å². The number of nitrogens with zero attached hydrogens (tertiary/aromatic N) is 2. The maximum Gasteiger partial charge on any atom is 0.127 e. The van der Waals surface area contributed by atoms with E-state index in [1.165, 1.54) is 25.3 Å². The molecule has 0 aromatic heterocycles. The Kier molecular flexibility index (Phi) is 6.31. The third-order valence-electron chi connectivity index (χ3n) is 5.66. The Morgan fingerprint density at radius 2 is 2.00 bits per heavy atom. The summed E-state index contributed by atoms with van der Waals surface area (Å²) < 4.78 is 24.9. The number of rotatable bonds is 7. The summed E-state index contributed by atoms with van der Waals surface area (Å²) in [6.45, 7) is 9.79. The van der Waals surface area contributed by atoms with E-state index in [-0.39, 0.29) is 5.82 Å². The number of piperidine rings is 1. The van der Waals surface area contributed by atoms with Crippen LogP contribution in [0.2, 0.25) is 0 Å². The number of hydrogen-bond donors (Lipinski definition) is 0. The largest absolute Gasteiger partial charge is 0.497 e. The Bertz CT molecular complexity index is 569. The van der Waals surface area contributed by atoms with E-state index in [1.54, 1.807) is 13.2 Å². The number of benzene rings is 1. The highest BCUT2D eigenvalue weighted by atomic mass is 19.1. The Morgan fingerprint density at radius 3 is 2.80 bits per heavy atom. The molecule has 1 atom stereocenters. The van der Waals surface area contributed by atoms with E-state index in [2.05, 4.69) is 9.80 Å². The summed E-state index contributed by atoms with van der Waals surface area (Å²) in [5.41, 5.74) is 1.11. The van der Waals surface area contributed by atoms with Crippen molar-refractivity contribution in [1.82, 2.24) is 9.80 Å². The molecule has 5 heteroatoms. The van der Waals surface area contributed by atoms with Gasteiger partial charge in [0.25, 0.3) is 0 Å². The van der Waals surface area contributed by atoms with Gasteiger partial charge in [0, 0.05) is 38.3 Å². The van der Waals surface area contributed by atoms with E-state index >= 15 is 0 Å². The third kappa shape index (κ3) is 4.72. The summed E-state index contributed by atoms with van der Waals surface area (Å²) in [6.07, 6.45) is 3.73. The van der Waals surface area contributed by atoms with Gasteiger partial charge in [0.05, 0.1) is 13.7 Å². The summed E-state index contributed by atoms with van der Waals surface area (Å²) in [6, 6.07) is 5.03. The summed E-state index contributed by atoms with van der Waals surface area (Å²) in [5, 5.41) is 0. The molecule has 2 aliphatic rings. The SMILES string of the molecule is CCOCCN1CC[C@@]2(CCCN(Cc3cc(OC)ccc3F)C2)C1. The first-order chi connectivity index (χ1) is 12.1. The average molecular weight is 350 g/mol. The van der Waals surface area contributed by atoms with Crippen LogP contribution in [0, 0.1) is 11.2 Å². The molecule has 2 aliphatic heterocycles. The lowest BCUT2D eigenvalue weighted by Crippen LogP contribution is -2.44. The maximum absolute atomic E-state index is 14.2. The molecule has 1 aromatic carbocycles. The predicted molar refractivity (Wildman–Crippen MR) is 97.4 cm³/mol. The fourth-order valence-corrected chi connectivity index (χ4v) is 4.37. The van der Waals surface area contributed by atoms with Crippen molar-refractivity contribution in [3.8, 4) is 5.75 Å². The molecule has 0 radical (unpaired) electrons. The Hall–Kier alpha value is -1.17. The second kappa shape index (κ2) is 8.47. The fraction of sp³-hybridized carbons (Fsp3) is 0.700. The highest BCUT2D eigenvalue weighted by Crippen LogP contribution is 2.39. The van der Waals surface area contributed by atoms with Crippen LogP contribution < -0.4 is 4.74 Å². The minimum Gasteiger partial charge on any atom is -0.497 e. The summed E-state index contributed by atoms with van der Waals surface area (Å²) in [5.74, 6) is 0.594. The van der Waals surface area contributed by atoms with E-state index in [1.807, 2.05) is 13.0 Å². The molecule has 0 saturated carbocycles. The van der Waals surface area contributed by atoms with Crippen molar-refractivity contribution in [1.29, 1.82) is 0 Å². The molecule has 4 nitrogen and oxygen atoms in total. The molecule has 0 unspecified atom stereocenters. The van der Waals surface area contributed by atoms with E-state index in [9.17, 15) is 4.39 Å². The first-order valence-corrected chi connectivity index (χ1v) is 9.49. The van der Waals surface area contributed by atoms with Crippen molar-refractivity contribution in [3.63, 3.8) is 0 Å². The molecule has 2 fully saturated rings. The van der Waals surface area contributed by atoms with Gasteiger partial charge >= 0.3 is 0 Å². The Balaban J connectivity index is 1.58. The van der Waals surface area contributed by atoms with Crippen molar-refractivity contribution in [2.24, 2.45) is 5.41 Å². The third-order valence-corrected chi connectivity index (χ3v) is 5.66. The number of ether oxygens (including phenoxy) is 2. The van der Waals surface area contributed by atoms with E-state index in [0.717, 1.165) is 57.3 Å². The van der Waals surface area contributed by atoms with Crippen molar-refractivity contribution >= 4 is 0 Å². The molecule has 2 saturated heterocycles. The smallest absolute Gasteiger partial charge is 0.127 e. The molecule has 0 amide bonds. The molecule has 2 heterocycles. The van der Waals surface area contributed by atoms with Gasteiger partial charge in [0.2, 0.25) is 0 Å². The van der Waals surface area contributed by atoms with Gasteiger partial charge in [-0.1, -0.05) is 0 Å². The van der Waals surface area contributed by atoms with Gasteiger partial charge in [0.1, 0.15) is 11.6 Å². The van der Waals surface area contributed by atoms with Crippen LogP contribution >= 0.6 is 0 Å². The van der Waals surface area contributed by atoms with Crippen molar-refractivity contribution in [3.05, 3.63) is 29.6 Å². The van der Waals surface area contributed by atoms with Gasteiger partial charge in [0.15, 0.2) is 0 Å². The second-order valence-corrected chi connectivity index (χ2v) is 7.49. The molecule has 0 N–H and O–H groups in total. The van der Waals surface area contributed by atoms with Crippen LogP contribution in [0.1, 0.15) is 31.7 Å². The average Bonchev–Trinajstić information content (AvgIpc) is 2.99. The van der Waals surface area contributed by atoms with Crippen LogP contribution in [0.15, 0.2) is 18.2 Å². The van der Waals surface area contributed by atoms with E-state index < -0.39 is 0 Å². The van der Waals surface area contributed by atoms with E-state index in [0.29, 0.717) is 12.0 Å². The van der Waals surface area contributed by atoms with Crippen LogP contribution in [0.25, 0.3) is 0 Å². The predicted octanol–water partition coefficient (Wildman–Crippen LogP) is 3.16. The fourth-order valence-electron chi connectivity index (χ4n) is 4.37. The van der Waals surface area contributed by atoms with Crippen molar-refractivity contribution < 1.29 is 13.9 Å². The van der Waals surface area contributed by atoms with Crippen LogP contribution in [-0.2, 0) is 11.3 Å². The summed E-state index contributed by atoms with van der Waals surface area (Å²) >= 11 is 0. The number of hydrogen-bond acceptors (Lipinski definition) is 4. The number of halogens is 1. The van der Waals surface area contributed by atoms with Crippen molar-refractivity contribution in [2.45, 2.75) is 32.7 Å². The molecule has 25 heavy (non-hydrogen) atoms. The zero-order valence-electron chi connectivity index (χ0n) is 15.6. The molecular formula is C20H31FN2O2.